The maximum Gasteiger partial charge on any atom is 0.263 e. The molecule has 0 atom stereocenters. The lowest BCUT2D eigenvalue weighted by molar-refractivity contribution is -0.120. The highest BCUT2D eigenvalue weighted by Crippen LogP contribution is 2.15. The Morgan fingerprint density at radius 1 is 1.40 bits per heavy atom. The van der Waals surface area contributed by atoms with E-state index in [1.165, 1.54) is 11.3 Å². The van der Waals surface area contributed by atoms with Crippen molar-refractivity contribution in [3.63, 3.8) is 0 Å². The summed E-state index contributed by atoms with van der Waals surface area (Å²) in [5.74, 6) is 5.10. The van der Waals surface area contributed by atoms with Crippen molar-refractivity contribution >= 4 is 23.2 Å². The van der Waals surface area contributed by atoms with Crippen molar-refractivity contribution in [1.82, 2.24) is 10.6 Å². The zero-order valence-electron chi connectivity index (χ0n) is 11.4. The summed E-state index contributed by atoms with van der Waals surface area (Å²) in [6.45, 7) is 2.52. The highest BCUT2D eigenvalue weighted by atomic mass is 32.1. The Kier molecular flexibility index (Phi) is 7.40. The van der Waals surface area contributed by atoms with Crippen LogP contribution in [-0.4, -0.2) is 36.6 Å². The van der Waals surface area contributed by atoms with Crippen LogP contribution in [0.15, 0.2) is 11.4 Å². The third-order valence-electron chi connectivity index (χ3n) is 2.31. The van der Waals surface area contributed by atoms with Gasteiger partial charge in [-0.05, 0) is 17.9 Å². The summed E-state index contributed by atoms with van der Waals surface area (Å²) in [7, 11) is 0. The molecular formula is C14H18N2O3S. The molecule has 0 spiro atoms. The summed E-state index contributed by atoms with van der Waals surface area (Å²) in [6.07, 6.45) is 1.23. The molecule has 0 unspecified atom stereocenters. The first-order chi connectivity index (χ1) is 9.69. The summed E-state index contributed by atoms with van der Waals surface area (Å²) in [5, 5.41) is 15.7. The Morgan fingerprint density at radius 3 is 2.90 bits per heavy atom. The predicted molar refractivity (Wildman–Crippen MR) is 78.5 cm³/mol. The smallest absolute Gasteiger partial charge is 0.263 e. The summed E-state index contributed by atoms with van der Waals surface area (Å²) in [6, 6.07) is 1.75. The first-order valence-electron chi connectivity index (χ1n) is 6.41. The van der Waals surface area contributed by atoms with Crippen molar-refractivity contribution in [2.45, 2.75) is 19.8 Å². The third kappa shape index (κ3) is 5.43. The van der Waals surface area contributed by atoms with E-state index >= 15 is 0 Å². The molecule has 0 aliphatic carbocycles. The van der Waals surface area contributed by atoms with Gasteiger partial charge in [0.1, 0.15) is 4.88 Å². The van der Waals surface area contributed by atoms with Crippen LogP contribution in [0.5, 0.6) is 0 Å². The van der Waals surface area contributed by atoms with Crippen LogP contribution in [0.2, 0.25) is 0 Å². The fourth-order valence-corrected chi connectivity index (χ4v) is 2.13. The van der Waals surface area contributed by atoms with Crippen LogP contribution in [-0.2, 0) is 4.79 Å². The molecule has 1 heterocycles. The van der Waals surface area contributed by atoms with Crippen LogP contribution < -0.4 is 10.6 Å². The van der Waals surface area contributed by atoms with Crippen LogP contribution in [0, 0.1) is 11.8 Å². The van der Waals surface area contributed by atoms with Crippen LogP contribution >= 0.6 is 11.3 Å². The molecule has 3 N–H and O–H groups in total. The van der Waals surface area contributed by atoms with Gasteiger partial charge in [-0.3, -0.25) is 9.59 Å². The second-order valence-electron chi connectivity index (χ2n) is 3.97. The standard InChI is InChI=1S/C14H18N2O3S/c1-2-7-15-12(18)10-16-14(19)13-11(6-9-20-13)5-3-4-8-17/h6,9,17H,2,4,7-8,10H2,1H3,(H,15,18)(H,16,19). The minimum Gasteiger partial charge on any atom is -0.395 e. The molecule has 1 aromatic heterocycles. The minimum absolute atomic E-state index is 0.00370. The number of thiophene rings is 1. The number of amides is 2. The quantitative estimate of drug-likeness (QED) is 0.677. The second kappa shape index (κ2) is 9.13. The second-order valence-corrected chi connectivity index (χ2v) is 4.89. The van der Waals surface area contributed by atoms with E-state index in [1.807, 2.05) is 6.92 Å². The van der Waals surface area contributed by atoms with Gasteiger partial charge in [-0.1, -0.05) is 18.8 Å². The van der Waals surface area contributed by atoms with E-state index in [2.05, 4.69) is 22.5 Å². The van der Waals surface area contributed by atoms with E-state index in [-0.39, 0.29) is 25.0 Å². The Morgan fingerprint density at radius 2 is 2.20 bits per heavy atom. The number of hydrogen-bond donors (Lipinski definition) is 3. The Labute approximate surface area is 122 Å². The van der Waals surface area contributed by atoms with Crippen LogP contribution in [0.1, 0.15) is 35.0 Å². The average Bonchev–Trinajstić information content (AvgIpc) is 2.91. The molecule has 0 saturated heterocycles. The summed E-state index contributed by atoms with van der Waals surface area (Å²) in [5.41, 5.74) is 0.620. The van der Waals surface area contributed by atoms with E-state index in [4.69, 9.17) is 5.11 Å². The predicted octanol–water partition coefficient (Wildman–Crippen LogP) is 0.738. The molecule has 2 amide bonds. The fourth-order valence-electron chi connectivity index (χ4n) is 1.36. The number of rotatable bonds is 6. The summed E-state index contributed by atoms with van der Waals surface area (Å²) >= 11 is 1.28. The summed E-state index contributed by atoms with van der Waals surface area (Å²) < 4.78 is 0. The van der Waals surface area contributed by atoms with E-state index in [0.717, 1.165) is 6.42 Å². The van der Waals surface area contributed by atoms with Crippen LogP contribution in [0.25, 0.3) is 0 Å². The molecule has 0 aromatic carbocycles. The molecule has 5 nitrogen and oxygen atoms in total. The molecule has 1 rings (SSSR count). The molecule has 6 heteroatoms. The molecule has 0 aliphatic heterocycles. The summed E-state index contributed by atoms with van der Waals surface area (Å²) in [4.78, 5) is 23.8. The van der Waals surface area contributed by atoms with Gasteiger partial charge in [0.15, 0.2) is 0 Å². The van der Waals surface area contributed by atoms with Crippen molar-refractivity contribution in [1.29, 1.82) is 0 Å². The van der Waals surface area contributed by atoms with Crippen LogP contribution in [0.4, 0.5) is 0 Å². The van der Waals surface area contributed by atoms with Gasteiger partial charge < -0.3 is 15.7 Å². The Balaban J connectivity index is 2.54. The van der Waals surface area contributed by atoms with E-state index in [1.54, 1.807) is 11.4 Å². The van der Waals surface area contributed by atoms with Crippen molar-refractivity contribution in [2.75, 3.05) is 19.7 Å². The first kappa shape index (κ1) is 16.2. The van der Waals surface area contributed by atoms with Crippen molar-refractivity contribution in [3.8, 4) is 11.8 Å². The van der Waals surface area contributed by atoms with Gasteiger partial charge in [0.2, 0.25) is 5.91 Å². The van der Waals surface area contributed by atoms with Crippen molar-refractivity contribution < 1.29 is 14.7 Å². The SMILES string of the molecule is CCCNC(=O)CNC(=O)c1sccc1C#CCCO. The number of carbonyl (C=O) groups is 2. The number of aliphatic hydroxyl groups is 1. The lowest BCUT2D eigenvalue weighted by atomic mass is 10.2. The Hall–Kier alpha value is -1.84. The largest absolute Gasteiger partial charge is 0.395 e. The lowest BCUT2D eigenvalue weighted by Gasteiger charge is -2.05. The van der Waals surface area contributed by atoms with Gasteiger partial charge in [-0.15, -0.1) is 11.3 Å². The maximum atomic E-state index is 11.9. The van der Waals surface area contributed by atoms with E-state index < -0.39 is 0 Å². The number of nitrogens with one attached hydrogen (secondary N) is 2. The molecular weight excluding hydrogens is 276 g/mol. The fraction of sp³-hybridized carbons (Fsp3) is 0.429. The van der Waals surface area contributed by atoms with Gasteiger partial charge in [-0.2, -0.15) is 0 Å². The van der Waals surface area contributed by atoms with E-state index in [0.29, 0.717) is 23.4 Å². The highest BCUT2D eigenvalue weighted by molar-refractivity contribution is 7.12. The lowest BCUT2D eigenvalue weighted by Crippen LogP contribution is -2.37. The van der Waals surface area contributed by atoms with Gasteiger partial charge in [0.05, 0.1) is 13.2 Å². The highest BCUT2D eigenvalue weighted by Gasteiger charge is 2.12. The molecule has 0 saturated carbocycles. The molecule has 0 fully saturated rings. The zero-order valence-corrected chi connectivity index (χ0v) is 12.2. The molecule has 108 valence electrons. The minimum atomic E-state index is -0.306. The zero-order chi connectivity index (χ0) is 14.8. The van der Waals surface area contributed by atoms with Gasteiger partial charge in [0, 0.05) is 18.5 Å². The molecule has 20 heavy (non-hydrogen) atoms. The molecule has 0 aliphatic rings. The maximum absolute atomic E-state index is 11.9. The van der Waals surface area contributed by atoms with Gasteiger partial charge in [0.25, 0.3) is 5.91 Å². The Bertz CT molecular complexity index is 514. The first-order valence-corrected chi connectivity index (χ1v) is 7.29. The van der Waals surface area contributed by atoms with Gasteiger partial charge in [-0.25, -0.2) is 0 Å². The molecule has 0 bridgehead atoms. The number of carbonyl (C=O) groups excluding carboxylic acids is 2. The van der Waals surface area contributed by atoms with Crippen LogP contribution in [0.3, 0.4) is 0 Å². The van der Waals surface area contributed by atoms with Crippen molar-refractivity contribution in [3.05, 3.63) is 21.9 Å². The molecule has 1 aromatic rings. The molecule has 0 radical (unpaired) electrons. The third-order valence-corrected chi connectivity index (χ3v) is 3.23. The number of aliphatic hydroxyl groups excluding tert-OH is 1. The van der Waals surface area contributed by atoms with Crippen molar-refractivity contribution in [2.24, 2.45) is 0 Å². The topological polar surface area (TPSA) is 78.4 Å². The number of hydrogen-bond acceptors (Lipinski definition) is 4. The average molecular weight is 294 g/mol. The monoisotopic (exact) mass is 294 g/mol. The normalized spacial score (nSPS) is 9.50. The van der Waals surface area contributed by atoms with E-state index in [9.17, 15) is 9.59 Å². The van der Waals surface area contributed by atoms with Gasteiger partial charge >= 0.3 is 0 Å².